The molecule has 1 aromatic rings. The standard InChI is InChI=1S/C21H41BF3GeN3OSi2/c1-20(2,3)27-19(18-16-14-13-15-17-18)28(21(4,5)6)26(30-22(23,24)25)29(31(7,8)9)32(10,11)12/h13-17H,1-12H3/q-1. The monoisotopic (exact) mass is 549 g/mol. The van der Waals surface area contributed by atoms with E-state index in [0.717, 1.165) is 5.56 Å². The molecule has 0 saturated carbocycles. The Morgan fingerprint density at radius 1 is 0.875 bits per heavy atom. The normalized spacial score (nSPS) is 15.0. The molecule has 4 nitrogen and oxygen atoms in total. The summed E-state index contributed by atoms with van der Waals surface area (Å²) in [6, 6.07) is 9.55. The second kappa shape index (κ2) is 9.97. The SMILES string of the molecule is CC(C)(C)N=C(c1ccccc1)[N]([Ge]([O][B-](F)(F)F)[N]([Si](C)(C)C)[Si](C)(C)C)C(C)(C)C. The van der Waals surface area contributed by atoms with Crippen molar-refractivity contribution in [1.29, 1.82) is 0 Å². The maximum atomic E-state index is 14.0. The van der Waals surface area contributed by atoms with Crippen molar-refractivity contribution in [1.82, 2.24) is 7.05 Å². The minimum absolute atomic E-state index is 0.468. The fourth-order valence-corrected chi connectivity index (χ4v) is 25.1. The molecule has 0 amide bonds. The molecule has 0 N–H and O–H groups in total. The fourth-order valence-electron chi connectivity index (χ4n) is 3.75. The van der Waals surface area contributed by atoms with Gasteiger partial charge in [0.15, 0.2) is 0 Å². The summed E-state index contributed by atoms with van der Waals surface area (Å²) >= 11 is -3.60. The van der Waals surface area contributed by atoms with Crippen molar-refractivity contribution < 1.29 is 16.6 Å². The first-order valence-corrected chi connectivity index (χ1v) is 20.7. The molecule has 0 heterocycles. The van der Waals surface area contributed by atoms with Crippen LogP contribution >= 0.6 is 0 Å². The van der Waals surface area contributed by atoms with E-state index in [1.165, 1.54) is 0 Å². The van der Waals surface area contributed by atoms with Gasteiger partial charge < -0.3 is 0 Å². The molecule has 1 aromatic carbocycles. The average molecular weight is 548 g/mol. The van der Waals surface area contributed by atoms with E-state index in [1.54, 1.807) is 0 Å². The fraction of sp³-hybridized carbons (Fsp3) is 0.667. The van der Waals surface area contributed by atoms with Crippen LogP contribution in [0.25, 0.3) is 0 Å². The summed E-state index contributed by atoms with van der Waals surface area (Å²) in [5, 5.41) is 0. The van der Waals surface area contributed by atoms with Gasteiger partial charge in [-0.2, -0.15) is 0 Å². The van der Waals surface area contributed by atoms with Crippen molar-refractivity contribution in [3.05, 3.63) is 35.9 Å². The Balaban J connectivity index is 4.00. The molecule has 0 spiro atoms. The van der Waals surface area contributed by atoms with Gasteiger partial charge in [0.05, 0.1) is 0 Å². The zero-order chi connectivity index (χ0) is 25.3. The van der Waals surface area contributed by atoms with Gasteiger partial charge in [-0.1, -0.05) is 0 Å². The van der Waals surface area contributed by atoms with Gasteiger partial charge in [0.1, 0.15) is 0 Å². The van der Waals surface area contributed by atoms with Gasteiger partial charge in [0, 0.05) is 0 Å². The van der Waals surface area contributed by atoms with Crippen molar-refractivity contribution in [3.8, 4) is 0 Å². The summed E-state index contributed by atoms with van der Waals surface area (Å²) in [6.07, 6.45) is 0. The van der Waals surface area contributed by atoms with E-state index in [9.17, 15) is 12.9 Å². The van der Waals surface area contributed by atoms with E-state index < -0.39 is 49.9 Å². The van der Waals surface area contributed by atoms with Crippen LogP contribution in [-0.2, 0) is 3.68 Å². The molecule has 0 aromatic heterocycles. The van der Waals surface area contributed by atoms with Crippen molar-refractivity contribution in [2.24, 2.45) is 4.99 Å². The first-order chi connectivity index (χ1) is 14.0. The number of rotatable bonds is 7. The van der Waals surface area contributed by atoms with Crippen LogP contribution < -0.4 is 0 Å². The van der Waals surface area contributed by atoms with E-state index in [4.69, 9.17) is 8.67 Å². The first kappa shape index (κ1) is 29.5. The Morgan fingerprint density at radius 2 is 1.31 bits per heavy atom. The summed E-state index contributed by atoms with van der Waals surface area (Å²) in [6.45, 7) is 24.5. The van der Waals surface area contributed by atoms with Gasteiger partial charge in [0.25, 0.3) is 0 Å². The van der Waals surface area contributed by atoms with E-state index >= 15 is 0 Å². The summed E-state index contributed by atoms with van der Waals surface area (Å²) in [5.74, 6) is 0.585. The van der Waals surface area contributed by atoms with E-state index in [-0.39, 0.29) is 0 Å². The van der Waals surface area contributed by atoms with Crippen molar-refractivity contribution in [3.63, 3.8) is 0 Å². The Hall–Kier alpha value is -0.558. The van der Waals surface area contributed by atoms with Gasteiger partial charge in [-0.3, -0.25) is 0 Å². The molecular weight excluding hydrogens is 507 g/mol. The number of aliphatic imine (C=N–C) groups is 1. The molecule has 0 aliphatic carbocycles. The van der Waals surface area contributed by atoms with Gasteiger partial charge >= 0.3 is 201 Å². The number of amidine groups is 1. The third-order valence-corrected chi connectivity index (χ3v) is 25.9. The van der Waals surface area contributed by atoms with Crippen molar-refractivity contribution in [2.75, 3.05) is 0 Å². The number of hydrogen-bond donors (Lipinski definition) is 0. The number of benzene rings is 1. The Kier molecular flexibility index (Phi) is 9.18. The van der Waals surface area contributed by atoms with Crippen molar-refractivity contribution in [2.45, 2.75) is 91.9 Å². The Labute approximate surface area is 200 Å². The molecule has 183 valence electrons. The molecule has 0 aliphatic heterocycles. The summed E-state index contributed by atoms with van der Waals surface area (Å²) < 4.78 is 51.4. The molecule has 0 fully saturated rings. The number of halogens is 3. The minimum atomic E-state index is -5.44. The van der Waals surface area contributed by atoms with Gasteiger partial charge in [-0.25, -0.2) is 0 Å². The summed E-state index contributed by atoms with van der Waals surface area (Å²) in [4.78, 5) is 4.99. The van der Waals surface area contributed by atoms with Crippen LogP contribution in [0.15, 0.2) is 35.3 Å². The second-order valence-electron chi connectivity index (χ2n) is 12.1. The third-order valence-electron chi connectivity index (χ3n) is 4.32. The Morgan fingerprint density at radius 3 is 1.62 bits per heavy atom. The van der Waals surface area contributed by atoms with Crippen LogP contribution in [0.1, 0.15) is 47.1 Å². The number of nitrogens with zero attached hydrogens (tertiary/aromatic N) is 3. The van der Waals surface area contributed by atoms with Crippen LogP contribution in [0, 0.1) is 0 Å². The zero-order valence-electron chi connectivity index (χ0n) is 21.8. The maximum absolute atomic E-state index is 14.0. The van der Waals surface area contributed by atoms with Crippen molar-refractivity contribution >= 4 is 44.6 Å². The molecular formula is C21H41BF3GeN3OSi2-. The molecule has 1 radical (unpaired) electrons. The number of hydrogen-bond acceptors (Lipinski definition) is 3. The molecule has 32 heavy (non-hydrogen) atoms. The predicted octanol–water partition coefficient (Wildman–Crippen LogP) is 6.65. The van der Waals surface area contributed by atoms with Gasteiger partial charge in [-0.05, 0) is 0 Å². The van der Waals surface area contributed by atoms with E-state index in [0.29, 0.717) is 5.84 Å². The van der Waals surface area contributed by atoms with Crippen LogP contribution in [0.4, 0.5) is 12.9 Å². The van der Waals surface area contributed by atoms with Gasteiger partial charge in [0.2, 0.25) is 0 Å². The topological polar surface area (TPSA) is 28.1 Å². The van der Waals surface area contributed by atoms with Crippen LogP contribution in [0.3, 0.4) is 0 Å². The molecule has 11 heteroatoms. The summed E-state index contributed by atoms with van der Waals surface area (Å²) in [5.41, 5.74) is -0.273. The van der Waals surface area contributed by atoms with Crippen LogP contribution in [0.2, 0.25) is 39.3 Å². The third kappa shape index (κ3) is 9.00. The van der Waals surface area contributed by atoms with Crippen LogP contribution in [0.5, 0.6) is 0 Å². The predicted molar refractivity (Wildman–Crippen MR) is 139 cm³/mol. The molecule has 0 bridgehead atoms. The molecule has 1 rings (SSSR count). The molecule has 0 unspecified atom stereocenters. The van der Waals surface area contributed by atoms with Crippen LogP contribution in [-0.4, -0.2) is 62.7 Å². The quantitative estimate of drug-likeness (QED) is 0.217. The zero-order valence-corrected chi connectivity index (χ0v) is 25.9. The van der Waals surface area contributed by atoms with E-state index in [1.807, 2.05) is 75.7 Å². The summed E-state index contributed by atoms with van der Waals surface area (Å²) in [7, 11) is -9.78. The average Bonchev–Trinajstić information content (AvgIpc) is 2.48. The Bertz CT molecular complexity index is 769. The molecule has 0 aliphatic rings. The van der Waals surface area contributed by atoms with E-state index in [2.05, 4.69) is 42.5 Å². The first-order valence-electron chi connectivity index (χ1n) is 11.0. The molecule has 0 atom stereocenters. The second-order valence-corrected chi connectivity index (χ2v) is 27.5. The molecule has 0 saturated heterocycles. The van der Waals surface area contributed by atoms with Gasteiger partial charge in [-0.15, -0.1) is 0 Å².